The van der Waals surface area contributed by atoms with Crippen LogP contribution in [0.25, 0.3) is 143 Å². The lowest BCUT2D eigenvalue weighted by Gasteiger charge is -2.14. The Kier molecular flexibility index (Phi) is 9.30. The van der Waals surface area contributed by atoms with Crippen molar-refractivity contribution in [3.05, 3.63) is 279 Å². The van der Waals surface area contributed by atoms with Crippen molar-refractivity contribution in [3.63, 3.8) is 0 Å². The zero-order chi connectivity index (χ0) is 49.8. The van der Waals surface area contributed by atoms with Crippen molar-refractivity contribution in [2.75, 3.05) is 0 Å². The Hall–Kier alpha value is -10.2. The normalized spacial score (nSPS) is 11.9. The highest BCUT2D eigenvalue weighted by atomic mass is 15.0. The van der Waals surface area contributed by atoms with Crippen molar-refractivity contribution in [2.45, 2.75) is 0 Å². The van der Waals surface area contributed by atoms with Crippen LogP contribution in [0, 0.1) is 0 Å². The first-order chi connectivity index (χ1) is 37.7. The van der Waals surface area contributed by atoms with Crippen LogP contribution in [0.15, 0.2) is 279 Å². The molecule has 4 heterocycles. The quantitative estimate of drug-likeness (QED) is 0.152. The van der Waals surface area contributed by atoms with Gasteiger partial charge in [0.25, 0.3) is 0 Å². The summed E-state index contributed by atoms with van der Waals surface area (Å²) in [6.07, 6.45) is 0. The maximum absolute atomic E-state index is 2.51. The Bertz CT molecular complexity index is 4890. The Morgan fingerprint density at radius 2 is 0.447 bits per heavy atom. The van der Waals surface area contributed by atoms with E-state index in [0.717, 1.165) is 33.8 Å². The van der Waals surface area contributed by atoms with Gasteiger partial charge in [0.15, 0.2) is 0 Å². The molecule has 0 aliphatic carbocycles. The molecule has 0 aliphatic heterocycles. The van der Waals surface area contributed by atoms with E-state index in [2.05, 4.69) is 297 Å². The van der Waals surface area contributed by atoms with Crippen molar-refractivity contribution in [3.8, 4) is 56.1 Å². The minimum absolute atomic E-state index is 1.12. The summed E-state index contributed by atoms with van der Waals surface area (Å²) in [7, 11) is 0. The summed E-state index contributed by atoms with van der Waals surface area (Å²) in [5.74, 6) is 0. The van der Waals surface area contributed by atoms with Gasteiger partial charge in [0.05, 0.1) is 44.1 Å². The van der Waals surface area contributed by atoms with Gasteiger partial charge in [-0.05, 0) is 149 Å². The maximum atomic E-state index is 2.51. The Morgan fingerprint density at radius 1 is 0.145 bits per heavy atom. The molecular weight excluding hydrogens is 921 g/mol. The second-order valence-corrected chi connectivity index (χ2v) is 20.1. The summed E-state index contributed by atoms with van der Waals surface area (Å²) in [5, 5.41) is 9.82. The average Bonchev–Trinajstić information content (AvgIpc) is 4.31. The van der Waals surface area contributed by atoms with E-state index in [1.165, 1.54) is 110 Å². The van der Waals surface area contributed by atoms with Crippen LogP contribution >= 0.6 is 0 Å². The van der Waals surface area contributed by atoms with Gasteiger partial charge in [-0.1, -0.05) is 164 Å². The molecule has 0 N–H and O–H groups in total. The third-order valence-electron chi connectivity index (χ3n) is 15.9. The van der Waals surface area contributed by atoms with E-state index in [4.69, 9.17) is 0 Å². The molecule has 0 amide bonds. The fraction of sp³-hybridized carbons (Fsp3) is 0. The summed E-state index contributed by atoms with van der Waals surface area (Å²) in [5.41, 5.74) is 21.0. The summed E-state index contributed by atoms with van der Waals surface area (Å²) in [6, 6.07) is 103. The smallest absolute Gasteiger partial charge is 0.0562 e. The van der Waals surface area contributed by atoms with Crippen molar-refractivity contribution in [1.82, 2.24) is 18.3 Å². The number of para-hydroxylation sites is 5. The molecule has 354 valence electrons. The van der Waals surface area contributed by atoms with Gasteiger partial charge in [-0.2, -0.15) is 0 Å². The standard InChI is InChI=1S/C72H46N4/c1-6-20-47(21-7-1)51-38-52(48-22-8-2-9-23-48)40-56(39-51)76-68-37-35-50(42-60(68)64-44-62-58-31-17-19-33-66(58)74(70(62)46-72(64)76)54-26-12-4-13-27-54)49-34-36-67-59(41-49)63-43-61-57-30-16-18-32-65(57)73(53-24-10-3-11-25-53)69(61)45-71(63)75(67)55-28-14-5-15-29-55/h1-46H. The second-order valence-electron chi connectivity index (χ2n) is 20.1. The number of rotatable bonds is 7. The van der Waals surface area contributed by atoms with E-state index in [1.54, 1.807) is 0 Å². The minimum atomic E-state index is 1.12. The average molecular weight is 967 g/mol. The number of benzene rings is 12. The van der Waals surface area contributed by atoms with Crippen molar-refractivity contribution in [1.29, 1.82) is 0 Å². The van der Waals surface area contributed by atoms with Gasteiger partial charge in [0.1, 0.15) is 0 Å². The van der Waals surface area contributed by atoms with Crippen LogP contribution in [0.4, 0.5) is 0 Å². The van der Waals surface area contributed by atoms with Crippen molar-refractivity contribution < 1.29 is 0 Å². The molecule has 0 atom stereocenters. The Morgan fingerprint density at radius 3 is 0.842 bits per heavy atom. The van der Waals surface area contributed by atoms with E-state index >= 15 is 0 Å². The highest BCUT2D eigenvalue weighted by molar-refractivity contribution is 6.22. The van der Waals surface area contributed by atoms with Gasteiger partial charge in [0, 0.05) is 65.8 Å². The molecule has 0 fully saturated rings. The zero-order valence-corrected chi connectivity index (χ0v) is 41.3. The third kappa shape index (κ3) is 6.44. The van der Waals surface area contributed by atoms with E-state index in [0.29, 0.717) is 0 Å². The Balaban J connectivity index is 0.969. The fourth-order valence-corrected chi connectivity index (χ4v) is 12.5. The molecule has 0 saturated carbocycles. The molecule has 12 aromatic carbocycles. The molecular formula is C72H46N4. The highest BCUT2D eigenvalue weighted by Crippen LogP contribution is 2.45. The van der Waals surface area contributed by atoms with E-state index in [9.17, 15) is 0 Å². The predicted octanol–water partition coefficient (Wildman–Crippen LogP) is 19.1. The van der Waals surface area contributed by atoms with Crippen molar-refractivity contribution in [2.24, 2.45) is 0 Å². The first-order valence-corrected chi connectivity index (χ1v) is 26.2. The summed E-state index contributed by atoms with van der Waals surface area (Å²) in [4.78, 5) is 0. The minimum Gasteiger partial charge on any atom is -0.309 e. The molecule has 0 unspecified atom stereocenters. The molecule has 0 bridgehead atoms. The largest absolute Gasteiger partial charge is 0.309 e. The van der Waals surface area contributed by atoms with Crippen LogP contribution in [-0.2, 0) is 0 Å². The molecule has 0 spiro atoms. The van der Waals surface area contributed by atoms with Gasteiger partial charge >= 0.3 is 0 Å². The lowest BCUT2D eigenvalue weighted by Crippen LogP contribution is -1.97. The summed E-state index contributed by atoms with van der Waals surface area (Å²) < 4.78 is 9.80. The van der Waals surface area contributed by atoms with Gasteiger partial charge in [0.2, 0.25) is 0 Å². The van der Waals surface area contributed by atoms with E-state index in [-0.39, 0.29) is 0 Å². The molecule has 0 aliphatic rings. The second kappa shape index (κ2) is 16.7. The molecule has 76 heavy (non-hydrogen) atoms. The molecule has 4 heteroatoms. The third-order valence-corrected chi connectivity index (χ3v) is 15.9. The van der Waals surface area contributed by atoms with Crippen LogP contribution in [0.1, 0.15) is 0 Å². The molecule has 4 nitrogen and oxygen atoms in total. The van der Waals surface area contributed by atoms with E-state index in [1.807, 2.05) is 0 Å². The van der Waals surface area contributed by atoms with Crippen LogP contribution in [0.3, 0.4) is 0 Å². The monoisotopic (exact) mass is 966 g/mol. The lowest BCUT2D eigenvalue weighted by atomic mass is 9.98. The maximum Gasteiger partial charge on any atom is 0.0562 e. The van der Waals surface area contributed by atoms with Gasteiger partial charge in [-0.25, -0.2) is 0 Å². The fourth-order valence-electron chi connectivity index (χ4n) is 12.5. The molecule has 16 aromatic rings. The van der Waals surface area contributed by atoms with Gasteiger partial charge in [-0.15, -0.1) is 0 Å². The topological polar surface area (TPSA) is 19.7 Å². The molecule has 0 radical (unpaired) electrons. The summed E-state index contributed by atoms with van der Waals surface area (Å²) in [6.45, 7) is 0. The number of aromatic nitrogens is 4. The van der Waals surface area contributed by atoms with Crippen molar-refractivity contribution >= 4 is 87.2 Å². The molecule has 0 saturated heterocycles. The lowest BCUT2D eigenvalue weighted by molar-refractivity contribution is 1.16. The first-order valence-electron chi connectivity index (χ1n) is 26.2. The van der Waals surface area contributed by atoms with Crippen LogP contribution < -0.4 is 0 Å². The summed E-state index contributed by atoms with van der Waals surface area (Å²) >= 11 is 0. The molecule has 4 aromatic heterocycles. The molecule has 16 rings (SSSR count). The van der Waals surface area contributed by atoms with Crippen LogP contribution in [0.5, 0.6) is 0 Å². The number of hydrogen-bond acceptors (Lipinski definition) is 0. The SMILES string of the molecule is c1ccc(-c2cc(-c3ccccc3)cc(-n3c4ccc(-c5ccc6c(c5)c5cc7c8ccccc8n(-c8ccccc8)c7cc5n6-c5ccccc5)cc4c4cc5c6ccccc6n(-c6ccccc6)c5cc43)c2)cc1. The number of nitrogens with zero attached hydrogens (tertiary/aromatic N) is 4. The van der Waals surface area contributed by atoms with Gasteiger partial charge in [-0.3, -0.25) is 0 Å². The highest BCUT2D eigenvalue weighted by Gasteiger charge is 2.22. The van der Waals surface area contributed by atoms with E-state index < -0.39 is 0 Å². The van der Waals surface area contributed by atoms with Crippen LogP contribution in [0.2, 0.25) is 0 Å². The number of fused-ring (bicyclic) bond motifs is 12. The zero-order valence-electron chi connectivity index (χ0n) is 41.3. The van der Waals surface area contributed by atoms with Crippen LogP contribution in [-0.4, -0.2) is 18.3 Å². The Labute approximate surface area is 438 Å². The predicted molar refractivity (Wildman–Crippen MR) is 320 cm³/mol. The van der Waals surface area contributed by atoms with Gasteiger partial charge < -0.3 is 18.3 Å². The first kappa shape index (κ1) is 42.4. The number of hydrogen-bond donors (Lipinski definition) is 0.